The van der Waals surface area contributed by atoms with Crippen LogP contribution >= 0.6 is 11.6 Å². The van der Waals surface area contributed by atoms with Crippen molar-refractivity contribution in [2.75, 3.05) is 20.2 Å². The third-order valence-electron chi connectivity index (χ3n) is 3.42. The minimum Gasteiger partial charge on any atom is -0.378 e. The molecule has 16 heavy (non-hydrogen) atoms. The number of hydrogen-bond acceptors (Lipinski definition) is 2. The number of benzene rings is 1. The zero-order valence-electron chi connectivity index (χ0n) is 9.63. The largest absolute Gasteiger partial charge is 0.378 e. The highest BCUT2D eigenvalue weighted by molar-refractivity contribution is 6.31. The molecular weight excluding hydrogens is 222 g/mol. The fraction of sp³-hybridized carbons (Fsp3) is 0.538. The lowest BCUT2D eigenvalue weighted by Crippen LogP contribution is -2.45. The van der Waals surface area contributed by atoms with Crippen molar-refractivity contribution in [1.82, 2.24) is 5.32 Å². The Bertz CT molecular complexity index is 348. The van der Waals surface area contributed by atoms with Crippen molar-refractivity contribution in [3.8, 4) is 0 Å². The second-order valence-electron chi connectivity index (χ2n) is 4.41. The molecule has 0 atom stereocenters. The monoisotopic (exact) mass is 239 g/mol. The zero-order valence-corrected chi connectivity index (χ0v) is 10.4. The molecule has 1 aliphatic heterocycles. The van der Waals surface area contributed by atoms with E-state index in [1.165, 1.54) is 5.56 Å². The number of methoxy groups -OCH3 is 1. The summed E-state index contributed by atoms with van der Waals surface area (Å²) in [6, 6.07) is 8.03. The summed E-state index contributed by atoms with van der Waals surface area (Å²) in [6.07, 6.45) is 3.01. The zero-order chi connectivity index (χ0) is 11.4. The van der Waals surface area contributed by atoms with E-state index >= 15 is 0 Å². The van der Waals surface area contributed by atoms with E-state index in [2.05, 4.69) is 11.4 Å². The maximum atomic E-state index is 6.19. The van der Waals surface area contributed by atoms with Crippen molar-refractivity contribution in [2.24, 2.45) is 0 Å². The van der Waals surface area contributed by atoms with Gasteiger partial charge in [-0.2, -0.15) is 0 Å². The molecule has 0 radical (unpaired) electrons. The first-order valence-electron chi connectivity index (χ1n) is 5.75. The molecule has 1 aliphatic rings. The second-order valence-corrected chi connectivity index (χ2v) is 4.81. The summed E-state index contributed by atoms with van der Waals surface area (Å²) in [5.74, 6) is 0. The molecule has 0 aliphatic carbocycles. The Labute approximate surface area is 102 Å². The molecule has 0 saturated carbocycles. The third-order valence-corrected chi connectivity index (χ3v) is 3.79. The van der Waals surface area contributed by atoms with E-state index in [0.29, 0.717) is 0 Å². The van der Waals surface area contributed by atoms with Crippen LogP contribution in [0.3, 0.4) is 0 Å². The van der Waals surface area contributed by atoms with Crippen LogP contribution in [0.4, 0.5) is 0 Å². The Balaban J connectivity index is 2.15. The van der Waals surface area contributed by atoms with Crippen molar-refractivity contribution in [3.63, 3.8) is 0 Å². The number of hydrogen-bond donors (Lipinski definition) is 1. The van der Waals surface area contributed by atoms with Crippen LogP contribution in [-0.2, 0) is 11.2 Å². The number of rotatable bonds is 3. The Morgan fingerprint density at radius 3 is 2.62 bits per heavy atom. The van der Waals surface area contributed by atoms with Crippen LogP contribution in [0.25, 0.3) is 0 Å². The van der Waals surface area contributed by atoms with E-state index in [9.17, 15) is 0 Å². The quantitative estimate of drug-likeness (QED) is 0.876. The molecule has 2 rings (SSSR count). The first-order chi connectivity index (χ1) is 7.76. The Morgan fingerprint density at radius 2 is 2.00 bits per heavy atom. The van der Waals surface area contributed by atoms with Gasteiger partial charge < -0.3 is 10.1 Å². The van der Waals surface area contributed by atoms with Crippen LogP contribution in [0, 0.1) is 0 Å². The van der Waals surface area contributed by atoms with Gasteiger partial charge in [-0.25, -0.2) is 0 Å². The molecule has 1 fully saturated rings. The van der Waals surface area contributed by atoms with Gasteiger partial charge in [-0.05, 0) is 37.6 Å². The van der Waals surface area contributed by atoms with Crippen molar-refractivity contribution >= 4 is 11.6 Å². The SMILES string of the molecule is COC1(Cc2ccccc2Cl)CCNCC1. The number of nitrogens with one attached hydrogen (secondary N) is 1. The molecular formula is C13H18ClNO. The van der Waals surface area contributed by atoms with E-state index in [0.717, 1.165) is 37.4 Å². The van der Waals surface area contributed by atoms with E-state index in [1.807, 2.05) is 25.3 Å². The predicted octanol–water partition coefficient (Wildman–Crippen LogP) is 2.65. The summed E-state index contributed by atoms with van der Waals surface area (Å²) < 4.78 is 5.74. The van der Waals surface area contributed by atoms with Gasteiger partial charge in [0.25, 0.3) is 0 Å². The average molecular weight is 240 g/mol. The molecule has 0 aromatic heterocycles. The van der Waals surface area contributed by atoms with Gasteiger partial charge in [0.2, 0.25) is 0 Å². The minimum absolute atomic E-state index is 0.0315. The van der Waals surface area contributed by atoms with Crippen molar-refractivity contribution in [1.29, 1.82) is 0 Å². The molecule has 0 unspecified atom stereocenters. The number of halogens is 1. The van der Waals surface area contributed by atoms with E-state index in [4.69, 9.17) is 16.3 Å². The normalized spacial score (nSPS) is 19.6. The predicted molar refractivity (Wildman–Crippen MR) is 67.0 cm³/mol. The first kappa shape index (κ1) is 11.9. The van der Waals surface area contributed by atoms with Crippen LogP contribution < -0.4 is 5.32 Å². The molecule has 1 N–H and O–H groups in total. The lowest BCUT2D eigenvalue weighted by molar-refractivity contribution is -0.0333. The lowest BCUT2D eigenvalue weighted by Gasteiger charge is -2.36. The molecule has 3 heteroatoms. The summed E-state index contributed by atoms with van der Waals surface area (Å²) in [7, 11) is 1.81. The van der Waals surface area contributed by atoms with Gasteiger partial charge in [-0.1, -0.05) is 29.8 Å². The van der Waals surface area contributed by atoms with Gasteiger partial charge in [0.1, 0.15) is 0 Å². The Morgan fingerprint density at radius 1 is 1.31 bits per heavy atom. The van der Waals surface area contributed by atoms with Crippen molar-refractivity contribution in [3.05, 3.63) is 34.9 Å². The molecule has 1 heterocycles. The maximum Gasteiger partial charge on any atom is 0.0743 e. The summed E-state index contributed by atoms with van der Waals surface area (Å²) in [5, 5.41) is 4.21. The highest BCUT2D eigenvalue weighted by Crippen LogP contribution is 2.29. The molecule has 88 valence electrons. The van der Waals surface area contributed by atoms with Gasteiger partial charge in [-0.3, -0.25) is 0 Å². The van der Waals surface area contributed by atoms with Crippen LogP contribution in [-0.4, -0.2) is 25.8 Å². The van der Waals surface area contributed by atoms with Crippen LogP contribution in [0.5, 0.6) is 0 Å². The summed E-state index contributed by atoms with van der Waals surface area (Å²) in [6.45, 7) is 2.05. The molecule has 0 spiro atoms. The van der Waals surface area contributed by atoms with Gasteiger partial charge in [0, 0.05) is 18.6 Å². The standard InChI is InChI=1S/C13H18ClNO/c1-16-13(6-8-15-9-7-13)10-11-4-2-3-5-12(11)14/h2-5,15H,6-10H2,1H3. The topological polar surface area (TPSA) is 21.3 Å². The minimum atomic E-state index is -0.0315. The van der Waals surface area contributed by atoms with Gasteiger partial charge >= 0.3 is 0 Å². The number of ether oxygens (including phenoxy) is 1. The fourth-order valence-electron chi connectivity index (χ4n) is 2.32. The smallest absolute Gasteiger partial charge is 0.0743 e. The van der Waals surface area contributed by atoms with E-state index in [1.54, 1.807) is 0 Å². The van der Waals surface area contributed by atoms with Crippen LogP contribution in [0.15, 0.2) is 24.3 Å². The molecule has 0 amide bonds. The van der Waals surface area contributed by atoms with Crippen LogP contribution in [0.1, 0.15) is 18.4 Å². The maximum absolute atomic E-state index is 6.19. The second kappa shape index (κ2) is 5.17. The fourth-order valence-corrected chi connectivity index (χ4v) is 2.53. The molecule has 1 aromatic carbocycles. The molecule has 0 bridgehead atoms. The highest BCUT2D eigenvalue weighted by Gasteiger charge is 2.32. The third kappa shape index (κ3) is 2.57. The van der Waals surface area contributed by atoms with Crippen molar-refractivity contribution < 1.29 is 4.74 Å². The van der Waals surface area contributed by atoms with Crippen molar-refractivity contribution in [2.45, 2.75) is 24.9 Å². The molecule has 1 aromatic rings. The average Bonchev–Trinajstić information content (AvgIpc) is 2.33. The number of piperidine rings is 1. The van der Waals surface area contributed by atoms with E-state index < -0.39 is 0 Å². The van der Waals surface area contributed by atoms with Gasteiger partial charge in [-0.15, -0.1) is 0 Å². The summed E-state index contributed by atoms with van der Waals surface area (Å²) in [4.78, 5) is 0. The highest BCUT2D eigenvalue weighted by atomic mass is 35.5. The van der Waals surface area contributed by atoms with Crippen LogP contribution in [0.2, 0.25) is 5.02 Å². The summed E-state index contributed by atoms with van der Waals surface area (Å²) >= 11 is 6.19. The first-order valence-corrected chi connectivity index (χ1v) is 6.13. The van der Waals surface area contributed by atoms with Gasteiger partial charge in [0.05, 0.1) is 5.60 Å². The Hall–Kier alpha value is -0.570. The molecule has 2 nitrogen and oxygen atoms in total. The molecule has 1 saturated heterocycles. The lowest BCUT2D eigenvalue weighted by atomic mass is 9.86. The Kier molecular flexibility index (Phi) is 3.85. The van der Waals surface area contributed by atoms with E-state index in [-0.39, 0.29) is 5.60 Å². The summed E-state index contributed by atoms with van der Waals surface area (Å²) in [5.41, 5.74) is 1.16. The van der Waals surface area contributed by atoms with Gasteiger partial charge in [0.15, 0.2) is 0 Å².